The average molecular weight is 153 g/mol. The largest absolute Gasteiger partial charge is 0.508 e. The Morgan fingerprint density at radius 2 is 1.73 bits per heavy atom. The minimum absolute atomic E-state index is 0.0558. The first-order valence-electron chi connectivity index (χ1n) is 3.31. The molecule has 11 heavy (non-hydrogen) atoms. The van der Waals surface area contributed by atoms with E-state index in [1.165, 1.54) is 6.07 Å². The summed E-state index contributed by atoms with van der Waals surface area (Å²) >= 11 is 0. The minimum atomic E-state index is 0.0558. The fourth-order valence-electron chi connectivity index (χ4n) is 0.910. The molecule has 0 atom stereocenters. The maximum atomic E-state index is 9.28. The molecule has 0 aliphatic heterocycles. The van der Waals surface area contributed by atoms with Crippen molar-refractivity contribution in [2.24, 2.45) is 0 Å². The third-order valence-corrected chi connectivity index (χ3v) is 1.87. The van der Waals surface area contributed by atoms with Gasteiger partial charge in [0.15, 0.2) is 0 Å². The number of anilines is 1. The number of phenols is 2. The number of hydrogen-bond donors (Lipinski definition) is 3. The van der Waals surface area contributed by atoms with E-state index in [4.69, 9.17) is 5.73 Å². The van der Waals surface area contributed by atoms with E-state index in [1.807, 2.05) is 0 Å². The number of nitrogens with two attached hydrogens (primary N) is 1. The Balaban J connectivity index is 3.46. The van der Waals surface area contributed by atoms with Crippen LogP contribution in [-0.2, 0) is 0 Å². The van der Waals surface area contributed by atoms with E-state index in [1.54, 1.807) is 13.8 Å². The topological polar surface area (TPSA) is 66.5 Å². The van der Waals surface area contributed by atoms with Gasteiger partial charge in [0.25, 0.3) is 0 Å². The maximum absolute atomic E-state index is 9.28. The quantitative estimate of drug-likeness (QED) is 0.299. The molecular formula is C8H11NO2. The van der Waals surface area contributed by atoms with Crippen LogP contribution in [0.2, 0.25) is 0 Å². The SMILES string of the molecule is Cc1c(O)cc(N)c(O)c1C. The molecule has 0 spiro atoms. The van der Waals surface area contributed by atoms with Gasteiger partial charge in [-0.05, 0) is 25.0 Å². The zero-order chi connectivity index (χ0) is 8.59. The first-order chi connectivity index (χ1) is 5.04. The predicted molar refractivity (Wildman–Crippen MR) is 43.7 cm³/mol. The lowest BCUT2D eigenvalue weighted by molar-refractivity contribution is 0.455. The molecule has 0 amide bonds. The fourth-order valence-corrected chi connectivity index (χ4v) is 0.910. The highest BCUT2D eigenvalue weighted by molar-refractivity contribution is 5.62. The molecule has 0 saturated carbocycles. The molecule has 4 N–H and O–H groups in total. The second kappa shape index (κ2) is 2.34. The highest BCUT2D eigenvalue weighted by atomic mass is 16.3. The second-order valence-electron chi connectivity index (χ2n) is 2.58. The van der Waals surface area contributed by atoms with Gasteiger partial charge in [0.2, 0.25) is 0 Å². The maximum Gasteiger partial charge on any atom is 0.141 e. The Morgan fingerprint density at radius 3 is 2.27 bits per heavy atom. The van der Waals surface area contributed by atoms with E-state index >= 15 is 0 Å². The summed E-state index contributed by atoms with van der Waals surface area (Å²) in [4.78, 5) is 0. The van der Waals surface area contributed by atoms with Gasteiger partial charge in [-0.1, -0.05) is 0 Å². The van der Waals surface area contributed by atoms with E-state index in [2.05, 4.69) is 0 Å². The Morgan fingerprint density at radius 1 is 1.18 bits per heavy atom. The van der Waals surface area contributed by atoms with Gasteiger partial charge >= 0.3 is 0 Å². The monoisotopic (exact) mass is 153 g/mol. The summed E-state index contributed by atoms with van der Waals surface area (Å²) < 4.78 is 0. The van der Waals surface area contributed by atoms with Crippen LogP contribution < -0.4 is 5.73 Å². The van der Waals surface area contributed by atoms with Crippen molar-refractivity contribution < 1.29 is 10.2 Å². The molecule has 1 aromatic rings. The molecular weight excluding hydrogens is 142 g/mol. The van der Waals surface area contributed by atoms with Crippen molar-refractivity contribution in [2.45, 2.75) is 13.8 Å². The van der Waals surface area contributed by atoms with E-state index in [0.717, 1.165) is 0 Å². The molecule has 1 rings (SSSR count). The van der Waals surface area contributed by atoms with Gasteiger partial charge in [-0.25, -0.2) is 0 Å². The number of nitrogen functional groups attached to an aromatic ring is 1. The summed E-state index contributed by atoms with van der Waals surface area (Å²) in [6.07, 6.45) is 0. The summed E-state index contributed by atoms with van der Waals surface area (Å²) in [6, 6.07) is 1.34. The van der Waals surface area contributed by atoms with Crippen molar-refractivity contribution in [2.75, 3.05) is 5.73 Å². The zero-order valence-corrected chi connectivity index (χ0v) is 6.55. The first kappa shape index (κ1) is 7.72. The molecule has 0 radical (unpaired) electrons. The summed E-state index contributed by atoms with van der Waals surface area (Å²) in [5.74, 6) is 0.179. The van der Waals surface area contributed by atoms with Crippen LogP contribution in [0.5, 0.6) is 11.5 Å². The number of phenolic OH excluding ortho intramolecular Hbond substituents is 2. The van der Waals surface area contributed by atoms with Crippen LogP contribution in [0.25, 0.3) is 0 Å². The van der Waals surface area contributed by atoms with Crippen molar-refractivity contribution in [1.29, 1.82) is 0 Å². The van der Waals surface area contributed by atoms with Crippen molar-refractivity contribution in [1.82, 2.24) is 0 Å². The van der Waals surface area contributed by atoms with Crippen LogP contribution in [-0.4, -0.2) is 10.2 Å². The molecule has 0 aliphatic carbocycles. The van der Waals surface area contributed by atoms with Crippen LogP contribution in [0, 0.1) is 13.8 Å². The summed E-state index contributed by atoms with van der Waals surface area (Å²) in [6.45, 7) is 3.44. The molecule has 3 nitrogen and oxygen atoms in total. The van der Waals surface area contributed by atoms with Crippen LogP contribution in [0.15, 0.2) is 6.07 Å². The zero-order valence-electron chi connectivity index (χ0n) is 6.55. The Hall–Kier alpha value is -1.38. The Kier molecular flexibility index (Phi) is 1.64. The molecule has 0 bridgehead atoms. The summed E-state index contributed by atoms with van der Waals surface area (Å²) in [7, 11) is 0. The normalized spacial score (nSPS) is 10.0. The lowest BCUT2D eigenvalue weighted by Crippen LogP contribution is -1.90. The lowest BCUT2D eigenvalue weighted by atomic mass is 10.1. The van der Waals surface area contributed by atoms with Gasteiger partial charge in [0.05, 0.1) is 5.69 Å². The minimum Gasteiger partial charge on any atom is -0.508 e. The molecule has 0 fully saturated rings. The molecule has 3 heteroatoms. The highest BCUT2D eigenvalue weighted by Gasteiger charge is 2.07. The van der Waals surface area contributed by atoms with Crippen molar-refractivity contribution in [3.05, 3.63) is 17.2 Å². The number of benzene rings is 1. The third-order valence-electron chi connectivity index (χ3n) is 1.87. The fraction of sp³-hybridized carbons (Fsp3) is 0.250. The van der Waals surface area contributed by atoms with Crippen LogP contribution in [0.1, 0.15) is 11.1 Å². The predicted octanol–water partition coefficient (Wildman–Crippen LogP) is 1.30. The molecule has 1 aromatic carbocycles. The van der Waals surface area contributed by atoms with Crippen LogP contribution >= 0.6 is 0 Å². The van der Waals surface area contributed by atoms with Crippen LogP contribution in [0.3, 0.4) is 0 Å². The van der Waals surface area contributed by atoms with E-state index in [0.29, 0.717) is 11.1 Å². The van der Waals surface area contributed by atoms with Gasteiger partial charge in [0.1, 0.15) is 11.5 Å². The Bertz CT molecular complexity index is 268. The van der Waals surface area contributed by atoms with Gasteiger partial charge in [-0.3, -0.25) is 0 Å². The molecule has 0 aromatic heterocycles. The third kappa shape index (κ3) is 1.09. The Labute approximate surface area is 65.1 Å². The number of aromatic hydroxyl groups is 2. The van der Waals surface area contributed by atoms with E-state index in [-0.39, 0.29) is 17.2 Å². The van der Waals surface area contributed by atoms with Gasteiger partial charge < -0.3 is 15.9 Å². The van der Waals surface area contributed by atoms with Gasteiger partial charge in [0, 0.05) is 6.07 Å². The molecule has 0 unspecified atom stereocenters. The van der Waals surface area contributed by atoms with Crippen LogP contribution in [0.4, 0.5) is 5.69 Å². The average Bonchev–Trinajstić information content (AvgIpc) is 1.97. The van der Waals surface area contributed by atoms with Crippen molar-refractivity contribution >= 4 is 5.69 Å². The second-order valence-corrected chi connectivity index (χ2v) is 2.58. The molecule has 60 valence electrons. The first-order valence-corrected chi connectivity index (χ1v) is 3.31. The van der Waals surface area contributed by atoms with Gasteiger partial charge in [-0.2, -0.15) is 0 Å². The van der Waals surface area contributed by atoms with E-state index < -0.39 is 0 Å². The number of hydrogen-bond acceptors (Lipinski definition) is 3. The summed E-state index contributed by atoms with van der Waals surface area (Å²) in [5.41, 5.74) is 6.88. The van der Waals surface area contributed by atoms with Crippen molar-refractivity contribution in [3.8, 4) is 11.5 Å². The van der Waals surface area contributed by atoms with Crippen molar-refractivity contribution in [3.63, 3.8) is 0 Å². The highest BCUT2D eigenvalue weighted by Crippen LogP contribution is 2.33. The molecule has 0 saturated heterocycles. The smallest absolute Gasteiger partial charge is 0.141 e. The summed E-state index contributed by atoms with van der Waals surface area (Å²) in [5, 5.41) is 18.5. The standard InChI is InChI=1S/C8H11NO2/c1-4-5(2)8(11)6(9)3-7(4)10/h3,10-11H,9H2,1-2H3. The van der Waals surface area contributed by atoms with Gasteiger partial charge in [-0.15, -0.1) is 0 Å². The molecule has 0 aliphatic rings. The molecule has 0 heterocycles. The number of rotatable bonds is 0. The van der Waals surface area contributed by atoms with E-state index in [9.17, 15) is 10.2 Å². The lowest BCUT2D eigenvalue weighted by Gasteiger charge is -2.07.